The van der Waals surface area contributed by atoms with Gasteiger partial charge in [-0.25, -0.2) is 9.69 Å². The second kappa shape index (κ2) is 7.75. The van der Waals surface area contributed by atoms with Gasteiger partial charge in [0, 0.05) is 13.0 Å². The SMILES string of the molecule is CC(=O)Oc1cccc(N2C(=O)c3ccc(Oc4ccc(C(=O)O)cc4)cc3C2=O)c1. The lowest BCUT2D eigenvalue weighted by atomic mass is 10.1. The van der Waals surface area contributed by atoms with E-state index in [0.717, 1.165) is 4.90 Å². The molecular weight excluding hydrogens is 402 g/mol. The van der Waals surface area contributed by atoms with Crippen molar-refractivity contribution in [1.29, 1.82) is 0 Å². The quantitative estimate of drug-likeness (QED) is 0.381. The number of esters is 1. The Kier molecular flexibility index (Phi) is 4.96. The van der Waals surface area contributed by atoms with E-state index in [1.807, 2.05) is 0 Å². The highest BCUT2D eigenvalue weighted by molar-refractivity contribution is 6.34. The fraction of sp³-hybridized carbons (Fsp3) is 0.0435. The Morgan fingerprint density at radius 3 is 2.16 bits per heavy atom. The molecule has 3 aromatic carbocycles. The van der Waals surface area contributed by atoms with Crippen molar-refractivity contribution in [2.24, 2.45) is 0 Å². The molecule has 4 rings (SSSR count). The van der Waals surface area contributed by atoms with Crippen molar-refractivity contribution < 1.29 is 33.8 Å². The van der Waals surface area contributed by atoms with Gasteiger partial charge in [0.25, 0.3) is 11.8 Å². The minimum atomic E-state index is -1.05. The van der Waals surface area contributed by atoms with E-state index in [0.29, 0.717) is 11.5 Å². The van der Waals surface area contributed by atoms with Crippen LogP contribution in [-0.4, -0.2) is 28.9 Å². The monoisotopic (exact) mass is 417 g/mol. The number of imide groups is 1. The summed E-state index contributed by atoms with van der Waals surface area (Å²) >= 11 is 0. The van der Waals surface area contributed by atoms with Crippen LogP contribution in [0.1, 0.15) is 38.0 Å². The van der Waals surface area contributed by atoms with Crippen LogP contribution in [0, 0.1) is 0 Å². The van der Waals surface area contributed by atoms with Gasteiger partial charge >= 0.3 is 11.9 Å². The molecule has 8 nitrogen and oxygen atoms in total. The number of benzene rings is 3. The summed E-state index contributed by atoms with van der Waals surface area (Å²) < 4.78 is 10.7. The zero-order valence-electron chi connectivity index (χ0n) is 16.2. The molecule has 0 bridgehead atoms. The van der Waals surface area contributed by atoms with Crippen LogP contribution in [0.25, 0.3) is 0 Å². The number of carboxylic acid groups (broad SMARTS) is 1. The van der Waals surface area contributed by atoms with Gasteiger partial charge in [-0.1, -0.05) is 6.07 Å². The van der Waals surface area contributed by atoms with Crippen LogP contribution in [0.4, 0.5) is 5.69 Å². The number of fused-ring (bicyclic) bond motifs is 1. The van der Waals surface area contributed by atoms with Crippen molar-refractivity contribution in [3.63, 3.8) is 0 Å². The summed E-state index contributed by atoms with van der Waals surface area (Å²) in [5.41, 5.74) is 0.782. The van der Waals surface area contributed by atoms with Gasteiger partial charge in [-0.2, -0.15) is 0 Å². The van der Waals surface area contributed by atoms with Crippen molar-refractivity contribution in [3.8, 4) is 17.2 Å². The van der Waals surface area contributed by atoms with E-state index in [-0.39, 0.29) is 28.1 Å². The Morgan fingerprint density at radius 2 is 1.48 bits per heavy atom. The summed E-state index contributed by atoms with van der Waals surface area (Å²) in [6, 6.07) is 16.4. The lowest BCUT2D eigenvalue weighted by molar-refractivity contribution is -0.131. The van der Waals surface area contributed by atoms with Gasteiger partial charge in [-0.3, -0.25) is 14.4 Å². The van der Waals surface area contributed by atoms with Crippen LogP contribution < -0.4 is 14.4 Å². The first kappa shape index (κ1) is 19.8. The number of nitrogens with zero attached hydrogens (tertiary/aromatic N) is 1. The zero-order valence-corrected chi connectivity index (χ0v) is 16.2. The number of rotatable bonds is 5. The molecule has 0 fully saturated rings. The largest absolute Gasteiger partial charge is 0.478 e. The summed E-state index contributed by atoms with van der Waals surface area (Å²) in [5.74, 6) is -1.69. The maximum atomic E-state index is 12.9. The molecule has 8 heteroatoms. The molecule has 1 N–H and O–H groups in total. The molecule has 154 valence electrons. The number of carbonyl (C=O) groups is 4. The third-order valence-electron chi connectivity index (χ3n) is 4.53. The molecule has 0 spiro atoms. The summed E-state index contributed by atoms with van der Waals surface area (Å²) in [4.78, 5) is 48.9. The summed E-state index contributed by atoms with van der Waals surface area (Å²) in [5, 5.41) is 8.96. The van der Waals surface area contributed by atoms with Gasteiger partial charge in [0.05, 0.1) is 22.4 Å². The van der Waals surface area contributed by atoms with E-state index >= 15 is 0 Å². The number of carboxylic acids is 1. The van der Waals surface area contributed by atoms with E-state index in [1.54, 1.807) is 24.3 Å². The topological polar surface area (TPSA) is 110 Å². The minimum Gasteiger partial charge on any atom is -0.478 e. The number of carbonyl (C=O) groups excluding carboxylic acids is 3. The molecule has 1 heterocycles. The smallest absolute Gasteiger partial charge is 0.335 e. The Bertz CT molecular complexity index is 1230. The Hall–Kier alpha value is -4.46. The van der Waals surface area contributed by atoms with Crippen LogP contribution in [0.3, 0.4) is 0 Å². The number of hydrogen-bond donors (Lipinski definition) is 1. The molecule has 3 aromatic rings. The maximum Gasteiger partial charge on any atom is 0.335 e. The van der Waals surface area contributed by atoms with Crippen molar-refractivity contribution in [1.82, 2.24) is 0 Å². The normalized spacial score (nSPS) is 12.5. The second-order valence-electron chi connectivity index (χ2n) is 6.68. The molecule has 0 saturated heterocycles. The third-order valence-corrected chi connectivity index (χ3v) is 4.53. The van der Waals surface area contributed by atoms with Gasteiger partial charge in [0.2, 0.25) is 0 Å². The predicted octanol–water partition coefficient (Wildman–Crippen LogP) is 3.90. The Balaban J connectivity index is 1.60. The van der Waals surface area contributed by atoms with Crippen LogP contribution in [0.2, 0.25) is 0 Å². The van der Waals surface area contributed by atoms with Crippen molar-refractivity contribution in [2.75, 3.05) is 4.90 Å². The molecule has 0 atom stereocenters. The molecule has 2 amide bonds. The predicted molar refractivity (Wildman–Crippen MR) is 109 cm³/mol. The van der Waals surface area contributed by atoms with E-state index in [1.165, 1.54) is 49.4 Å². The van der Waals surface area contributed by atoms with Crippen LogP contribution in [0.15, 0.2) is 66.7 Å². The molecule has 1 aliphatic rings. The highest BCUT2D eigenvalue weighted by atomic mass is 16.5. The van der Waals surface area contributed by atoms with Gasteiger partial charge < -0.3 is 14.6 Å². The molecule has 0 unspecified atom stereocenters. The number of hydrogen-bond acceptors (Lipinski definition) is 6. The van der Waals surface area contributed by atoms with Crippen LogP contribution in [0.5, 0.6) is 17.2 Å². The minimum absolute atomic E-state index is 0.119. The van der Waals surface area contributed by atoms with Crippen molar-refractivity contribution >= 4 is 29.4 Å². The first-order valence-corrected chi connectivity index (χ1v) is 9.16. The van der Waals surface area contributed by atoms with Crippen molar-refractivity contribution in [3.05, 3.63) is 83.4 Å². The fourth-order valence-electron chi connectivity index (χ4n) is 3.17. The Labute approximate surface area is 176 Å². The lowest BCUT2D eigenvalue weighted by Gasteiger charge is -2.14. The maximum absolute atomic E-state index is 12.9. The summed E-state index contributed by atoms with van der Waals surface area (Å²) in [6.07, 6.45) is 0. The molecule has 0 aliphatic carbocycles. The van der Waals surface area contributed by atoms with Gasteiger partial charge in [-0.05, 0) is 54.6 Å². The summed E-state index contributed by atoms with van der Waals surface area (Å²) in [6.45, 7) is 1.26. The van der Waals surface area contributed by atoms with Crippen LogP contribution >= 0.6 is 0 Å². The Morgan fingerprint density at radius 1 is 0.806 bits per heavy atom. The average Bonchev–Trinajstić information content (AvgIpc) is 2.98. The molecule has 31 heavy (non-hydrogen) atoms. The van der Waals surface area contributed by atoms with E-state index in [9.17, 15) is 19.2 Å². The fourth-order valence-corrected chi connectivity index (χ4v) is 3.17. The zero-order chi connectivity index (χ0) is 22.1. The van der Waals surface area contributed by atoms with Crippen molar-refractivity contribution in [2.45, 2.75) is 6.92 Å². The number of ether oxygens (including phenoxy) is 2. The number of aromatic carboxylic acids is 1. The highest BCUT2D eigenvalue weighted by Gasteiger charge is 2.37. The molecule has 0 saturated carbocycles. The van der Waals surface area contributed by atoms with Crippen LogP contribution in [-0.2, 0) is 4.79 Å². The standard InChI is InChI=1S/C23H15NO7/c1-13(25)30-17-4-2-3-15(11-17)24-21(26)19-10-9-18(12-20(19)22(24)27)31-16-7-5-14(6-8-16)23(28)29/h2-12H,1H3,(H,28,29). The van der Waals surface area contributed by atoms with E-state index in [2.05, 4.69) is 0 Å². The molecule has 0 radical (unpaired) electrons. The summed E-state index contributed by atoms with van der Waals surface area (Å²) in [7, 11) is 0. The number of amides is 2. The van der Waals surface area contributed by atoms with E-state index in [4.69, 9.17) is 14.6 Å². The highest BCUT2D eigenvalue weighted by Crippen LogP contribution is 2.33. The average molecular weight is 417 g/mol. The van der Waals surface area contributed by atoms with Gasteiger partial charge in [-0.15, -0.1) is 0 Å². The van der Waals surface area contributed by atoms with Gasteiger partial charge in [0.15, 0.2) is 0 Å². The molecular formula is C23H15NO7. The first-order chi connectivity index (χ1) is 14.8. The molecule has 1 aliphatic heterocycles. The molecule has 0 aromatic heterocycles. The third kappa shape index (κ3) is 3.86. The first-order valence-electron chi connectivity index (χ1n) is 9.16. The second-order valence-corrected chi connectivity index (χ2v) is 6.68. The lowest BCUT2D eigenvalue weighted by Crippen LogP contribution is -2.29. The number of anilines is 1. The van der Waals surface area contributed by atoms with Gasteiger partial charge in [0.1, 0.15) is 17.2 Å². The van der Waals surface area contributed by atoms with E-state index < -0.39 is 23.8 Å².